The molecule has 7 heteroatoms. The number of aryl methyl sites for hydroxylation is 1. The molecule has 0 bridgehead atoms. The van der Waals surface area contributed by atoms with E-state index in [1.54, 1.807) is 29.2 Å². The molecule has 1 aromatic carbocycles. The Morgan fingerprint density at radius 2 is 2.14 bits per heavy atom. The van der Waals surface area contributed by atoms with Gasteiger partial charge in [0, 0.05) is 5.56 Å². The van der Waals surface area contributed by atoms with Crippen LogP contribution in [0.4, 0.5) is 0 Å². The molecule has 114 valence electrons. The third kappa shape index (κ3) is 2.34. The molecule has 1 aromatic heterocycles. The standard InChI is InChI=1S/C15H16N4O3/c1-10-7-11(3-4-12(10)19-9-16-8-17-19)13(20)18-15(14(21)22)5-2-6-15/h3-4,7-9H,2,5-6H2,1H3,(H,18,20)(H,21,22). The van der Waals surface area contributed by atoms with Gasteiger partial charge in [0.2, 0.25) is 0 Å². The first kappa shape index (κ1) is 14.2. The average molecular weight is 300 g/mol. The Morgan fingerprint density at radius 3 is 2.64 bits per heavy atom. The summed E-state index contributed by atoms with van der Waals surface area (Å²) >= 11 is 0. The number of hydrogen-bond acceptors (Lipinski definition) is 4. The fraction of sp³-hybridized carbons (Fsp3) is 0.333. The van der Waals surface area contributed by atoms with Crippen LogP contribution in [0.15, 0.2) is 30.9 Å². The highest BCUT2D eigenvalue weighted by atomic mass is 16.4. The van der Waals surface area contributed by atoms with E-state index in [9.17, 15) is 14.7 Å². The molecule has 0 aliphatic heterocycles. The van der Waals surface area contributed by atoms with Gasteiger partial charge in [0.15, 0.2) is 0 Å². The average Bonchev–Trinajstić information content (AvgIpc) is 2.95. The number of amides is 1. The van der Waals surface area contributed by atoms with Gasteiger partial charge in [0.1, 0.15) is 18.2 Å². The number of hydrogen-bond donors (Lipinski definition) is 2. The molecule has 0 radical (unpaired) electrons. The number of aliphatic carboxylic acids is 1. The smallest absolute Gasteiger partial charge is 0.329 e. The van der Waals surface area contributed by atoms with Crippen LogP contribution in [-0.4, -0.2) is 37.3 Å². The zero-order chi connectivity index (χ0) is 15.7. The summed E-state index contributed by atoms with van der Waals surface area (Å²) in [4.78, 5) is 27.5. The predicted molar refractivity (Wildman–Crippen MR) is 77.8 cm³/mol. The van der Waals surface area contributed by atoms with Crippen molar-refractivity contribution in [1.82, 2.24) is 20.1 Å². The van der Waals surface area contributed by atoms with Gasteiger partial charge in [-0.05, 0) is 49.9 Å². The number of carbonyl (C=O) groups excluding carboxylic acids is 1. The van der Waals surface area contributed by atoms with Crippen LogP contribution in [0.5, 0.6) is 0 Å². The van der Waals surface area contributed by atoms with Crippen molar-refractivity contribution in [2.24, 2.45) is 0 Å². The zero-order valence-electron chi connectivity index (χ0n) is 12.1. The van der Waals surface area contributed by atoms with Crippen molar-refractivity contribution in [1.29, 1.82) is 0 Å². The van der Waals surface area contributed by atoms with Crippen LogP contribution in [-0.2, 0) is 4.79 Å². The van der Waals surface area contributed by atoms with Gasteiger partial charge in [-0.25, -0.2) is 14.5 Å². The molecule has 2 N–H and O–H groups in total. The molecule has 22 heavy (non-hydrogen) atoms. The minimum atomic E-state index is -1.10. The largest absolute Gasteiger partial charge is 0.480 e. The Kier molecular flexibility index (Phi) is 3.40. The quantitative estimate of drug-likeness (QED) is 0.887. The normalized spacial score (nSPS) is 15.9. The van der Waals surface area contributed by atoms with Crippen molar-refractivity contribution in [3.63, 3.8) is 0 Å². The number of benzene rings is 1. The van der Waals surface area contributed by atoms with Gasteiger partial charge in [0.25, 0.3) is 5.91 Å². The van der Waals surface area contributed by atoms with Crippen molar-refractivity contribution < 1.29 is 14.7 Å². The van der Waals surface area contributed by atoms with E-state index in [-0.39, 0.29) is 5.91 Å². The second-order valence-corrected chi connectivity index (χ2v) is 5.54. The van der Waals surface area contributed by atoms with E-state index in [1.165, 1.54) is 6.33 Å². The minimum Gasteiger partial charge on any atom is -0.480 e. The first-order valence-electron chi connectivity index (χ1n) is 7.03. The molecular weight excluding hydrogens is 284 g/mol. The number of carbonyl (C=O) groups is 2. The van der Waals surface area contributed by atoms with Crippen LogP contribution in [0.1, 0.15) is 35.2 Å². The lowest BCUT2D eigenvalue weighted by molar-refractivity contribution is -0.148. The van der Waals surface area contributed by atoms with E-state index in [0.29, 0.717) is 18.4 Å². The molecule has 0 unspecified atom stereocenters. The van der Waals surface area contributed by atoms with Gasteiger partial charge in [-0.2, -0.15) is 5.10 Å². The second kappa shape index (κ2) is 5.25. The van der Waals surface area contributed by atoms with Gasteiger partial charge in [-0.3, -0.25) is 4.79 Å². The SMILES string of the molecule is Cc1cc(C(=O)NC2(C(=O)O)CCC2)ccc1-n1cncn1. The number of nitrogens with zero attached hydrogens (tertiary/aromatic N) is 3. The monoisotopic (exact) mass is 300 g/mol. The molecule has 3 rings (SSSR count). The van der Waals surface area contributed by atoms with Gasteiger partial charge in [-0.1, -0.05) is 0 Å². The van der Waals surface area contributed by atoms with Crippen LogP contribution in [0.2, 0.25) is 0 Å². The molecule has 1 fully saturated rings. The summed E-state index contributed by atoms with van der Waals surface area (Å²) in [5, 5.41) is 16.0. The van der Waals surface area contributed by atoms with Gasteiger partial charge in [0.05, 0.1) is 5.69 Å². The number of rotatable bonds is 4. The number of carboxylic acids is 1. The maximum atomic E-state index is 12.3. The summed E-state index contributed by atoms with van der Waals surface area (Å²) < 4.78 is 1.61. The molecule has 7 nitrogen and oxygen atoms in total. The Hall–Kier alpha value is -2.70. The molecule has 1 saturated carbocycles. The molecular formula is C15H16N4O3. The molecule has 0 spiro atoms. The summed E-state index contributed by atoms with van der Waals surface area (Å²) in [6, 6.07) is 5.15. The molecule has 1 heterocycles. The lowest BCUT2D eigenvalue weighted by Crippen LogP contribution is -2.59. The summed E-state index contributed by atoms with van der Waals surface area (Å²) in [6.45, 7) is 1.87. The second-order valence-electron chi connectivity index (χ2n) is 5.54. The summed E-state index contributed by atoms with van der Waals surface area (Å²) in [7, 11) is 0. The van der Waals surface area contributed by atoms with Gasteiger partial charge in [-0.15, -0.1) is 0 Å². The van der Waals surface area contributed by atoms with Crippen LogP contribution in [0.25, 0.3) is 5.69 Å². The third-order valence-electron chi connectivity index (χ3n) is 4.09. The summed E-state index contributed by atoms with van der Waals surface area (Å²) in [5.41, 5.74) is 1.02. The van der Waals surface area contributed by atoms with Crippen LogP contribution in [0, 0.1) is 6.92 Å². The van der Waals surface area contributed by atoms with E-state index in [4.69, 9.17) is 0 Å². The van der Waals surface area contributed by atoms with Gasteiger partial charge >= 0.3 is 5.97 Å². The van der Waals surface area contributed by atoms with Crippen molar-refractivity contribution in [3.8, 4) is 5.69 Å². The zero-order valence-corrected chi connectivity index (χ0v) is 12.1. The van der Waals surface area contributed by atoms with Crippen molar-refractivity contribution in [3.05, 3.63) is 42.0 Å². The highest BCUT2D eigenvalue weighted by Gasteiger charge is 2.45. The highest BCUT2D eigenvalue weighted by Crippen LogP contribution is 2.32. The number of carboxylic acid groups (broad SMARTS) is 1. The minimum absolute atomic E-state index is 0.365. The molecule has 0 atom stereocenters. The summed E-state index contributed by atoms with van der Waals surface area (Å²) in [5.74, 6) is -1.33. The molecule has 2 aromatic rings. The van der Waals surface area contributed by atoms with Crippen molar-refractivity contribution in [2.75, 3.05) is 0 Å². The van der Waals surface area contributed by atoms with Gasteiger partial charge < -0.3 is 10.4 Å². The van der Waals surface area contributed by atoms with E-state index in [2.05, 4.69) is 15.4 Å². The fourth-order valence-electron chi connectivity index (χ4n) is 2.60. The lowest BCUT2D eigenvalue weighted by atomic mass is 9.76. The van der Waals surface area contributed by atoms with E-state index >= 15 is 0 Å². The van der Waals surface area contributed by atoms with Crippen molar-refractivity contribution >= 4 is 11.9 Å². The molecule has 1 amide bonds. The van der Waals surface area contributed by atoms with Crippen molar-refractivity contribution in [2.45, 2.75) is 31.7 Å². The van der Waals surface area contributed by atoms with Crippen LogP contribution < -0.4 is 5.32 Å². The number of aromatic nitrogens is 3. The summed E-state index contributed by atoms with van der Waals surface area (Å²) in [6.07, 6.45) is 4.79. The topological polar surface area (TPSA) is 97.1 Å². The van der Waals surface area contributed by atoms with E-state index < -0.39 is 11.5 Å². The maximum absolute atomic E-state index is 12.3. The first-order chi connectivity index (χ1) is 10.5. The highest BCUT2D eigenvalue weighted by molar-refractivity contribution is 5.98. The van der Waals surface area contributed by atoms with Crippen LogP contribution >= 0.6 is 0 Å². The van der Waals surface area contributed by atoms with E-state index in [1.807, 2.05) is 6.92 Å². The maximum Gasteiger partial charge on any atom is 0.329 e. The lowest BCUT2D eigenvalue weighted by Gasteiger charge is -2.38. The molecule has 0 saturated heterocycles. The third-order valence-corrected chi connectivity index (χ3v) is 4.09. The Bertz CT molecular complexity index is 720. The fourth-order valence-corrected chi connectivity index (χ4v) is 2.60. The first-order valence-corrected chi connectivity index (χ1v) is 7.03. The number of nitrogens with one attached hydrogen (secondary N) is 1. The Balaban J connectivity index is 1.82. The van der Waals surface area contributed by atoms with Crippen LogP contribution in [0.3, 0.4) is 0 Å². The molecule has 1 aliphatic rings. The molecule has 1 aliphatic carbocycles. The Morgan fingerprint density at radius 1 is 1.36 bits per heavy atom. The predicted octanol–water partition coefficient (Wildman–Crippen LogP) is 1.31. The Labute approximate surface area is 127 Å². The van der Waals surface area contributed by atoms with E-state index in [0.717, 1.165) is 17.7 Å².